The van der Waals surface area contributed by atoms with Gasteiger partial charge in [0.25, 0.3) is 11.8 Å². The predicted octanol–water partition coefficient (Wildman–Crippen LogP) is 0.996. The minimum atomic E-state index is -1.34. The zero-order valence-corrected chi connectivity index (χ0v) is 23.8. The molecule has 12 nitrogen and oxygen atoms in total. The second-order valence-corrected chi connectivity index (χ2v) is 11.5. The van der Waals surface area contributed by atoms with Crippen LogP contribution in [0.5, 0.6) is 0 Å². The molecular weight excluding hydrogens is 580 g/mol. The van der Waals surface area contributed by atoms with Crippen molar-refractivity contribution in [3.05, 3.63) is 70.4 Å². The third-order valence-corrected chi connectivity index (χ3v) is 8.37. The van der Waals surface area contributed by atoms with Crippen molar-refractivity contribution >= 4 is 78.3 Å². The van der Waals surface area contributed by atoms with Crippen LogP contribution < -0.4 is 32.7 Å². The molecule has 0 fully saturated rings. The minimum Gasteiger partial charge on any atom is -0.370 e. The Bertz CT molecular complexity index is 1600. The monoisotopic (exact) mass is 608 g/mol. The highest BCUT2D eigenvalue weighted by Gasteiger charge is 2.28. The van der Waals surface area contributed by atoms with Crippen LogP contribution in [0, 0.1) is 0 Å². The Labute approximate surface area is 247 Å². The fourth-order valence-corrected chi connectivity index (χ4v) is 5.98. The Balaban J connectivity index is 1.48. The third kappa shape index (κ3) is 7.89. The smallest absolute Gasteiger partial charge is 0.262 e. The van der Waals surface area contributed by atoms with Crippen LogP contribution in [0.1, 0.15) is 32.2 Å². The minimum absolute atomic E-state index is 0.137. The van der Waals surface area contributed by atoms with E-state index in [-0.39, 0.29) is 19.4 Å². The van der Waals surface area contributed by atoms with E-state index in [1.165, 1.54) is 22.7 Å². The van der Waals surface area contributed by atoms with Crippen molar-refractivity contribution < 1.29 is 28.8 Å². The van der Waals surface area contributed by atoms with E-state index in [4.69, 9.17) is 11.5 Å². The number of nitrogens with one attached hydrogen (secondary N) is 4. The number of primary amides is 2. The average molecular weight is 609 g/mol. The maximum Gasteiger partial charge on any atom is 0.262 e. The number of fused-ring (bicyclic) bond motifs is 2. The number of nitrogens with two attached hydrogens (primary N) is 2. The molecule has 42 heavy (non-hydrogen) atoms. The Morgan fingerprint density at radius 2 is 1.24 bits per heavy atom. The lowest BCUT2D eigenvalue weighted by atomic mass is 10.1. The first-order valence-corrected chi connectivity index (χ1v) is 14.4. The topological polar surface area (TPSA) is 203 Å². The summed E-state index contributed by atoms with van der Waals surface area (Å²) in [6.45, 7) is -0.834. The third-order valence-electron chi connectivity index (χ3n) is 6.14. The lowest BCUT2D eigenvalue weighted by Gasteiger charge is -2.23. The molecule has 4 rings (SSSR count). The molecule has 0 aliphatic carbocycles. The van der Waals surface area contributed by atoms with E-state index >= 15 is 0 Å². The predicted molar refractivity (Wildman–Crippen MR) is 160 cm³/mol. The first-order valence-electron chi connectivity index (χ1n) is 12.8. The second kappa shape index (κ2) is 13.7. The van der Waals surface area contributed by atoms with Crippen LogP contribution in [0.3, 0.4) is 0 Å². The van der Waals surface area contributed by atoms with Gasteiger partial charge in [-0.1, -0.05) is 36.4 Å². The van der Waals surface area contributed by atoms with Gasteiger partial charge in [0.05, 0.1) is 16.3 Å². The molecule has 0 radical (unpaired) electrons. The van der Waals surface area contributed by atoms with Crippen molar-refractivity contribution in [1.29, 1.82) is 0 Å². The molecule has 4 aromatic rings. The summed E-state index contributed by atoms with van der Waals surface area (Å²) in [5, 5.41) is 11.8. The molecule has 218 valence electrons. The van der Waals surface area contributed by atoms with E-state index in [1.807, 2.05) is 48.5 Å². The molecule has 2 aromatic carbocycles. The maximum absolute atomic E-state index is 13.3. The van der Waals surface area contributed by atoms with Crippen molar-refractivity contribution in [3.8, 4) is 0 Å². The number of carbonyl (C=O) groups excluding carboxylic acids is 6. The second-order valence-electron chi connectivity index (χ2n) is 9.28. The van der Waals surface area contributed by atoms with Gasteiger partial charge in [-0.05, 0) is 41.5 Å². The summed E-state index contributed by atoms with van der Waals surface area (Å²) < 4.78 is 1.78. The number of amides is 6. The summed E-state index contributed by atoms with van der Waals surface area (Å²) in [6, 6.07) is 15.6. The Morgan fingerprint density at radius 3 is 1.79 bits per heavy atom. The summed E-state index contributed by atoms with van der Waals surface area (Å²) in [4.78, 5) is 75.5. The van der Waals surface area contributed by atoms with E-state index in [9.17, 15) is 28.8 Å². The fraction of sp³-hybridized carbons (Fsp3) is 0.214. The van der Waals surface area contributed by atoms with Crippen LogP contribution in [0.15, 0.2) is 60.7 Å². The zero-order chi connectivity index (χ0) is 30.2. The molecule has 2 heterocycles. The molecular formula is C28H28N6O6S2. The van der Waals surface area contributed by atoms with Crippen LogP contribution in [-0.2, 0) is 19.2 Å². The highest BCUT2D eigenvalue weighted by atomic mass is 32.1. The molecule has 0 spiro atoms. The first kappa shape index (κ1) is 30.1. The molecule has 2 unspecified atom stereocenters. The summed E-state index contributed by atoms with van der Waals surface area (Å²) in [6.07, 6.45) is -0.354. The van der Waals surface area contributed by atoms with Gasteiger partial charge in [0.1, 0.15) is 12.1 Å². The van der Waals surface area contributed by atoms with Gasteiger partial charge in [0.15, 0.2) is 0 Å². The molecule has 0 aliphatic rings. The van der Waals surface area contributed by atoms with Crippen LogP contribution >= 0.6 is 22.7 Å². The normalized spacial score (nSPS) is 12.3. The number of thiophene rings is 2. The van der Waals surface area contributed by atoms with Gasteiger partial charge < -0.3 is 32.7 Å². The molecule has 0 saturated heterocycles. The van der Waals surface area contributed by atoms with Crippen LogP contribution in [0.2, 0.25) is 0 Å². The molecule has 8 N–H and O–H groups in total. The zero-order valence-electron chi connectivity index (χ0n) is 22.2. The van der Waals surface area contributed by atoms with Gasteiger partial charge in [-0.15, -0.1) is 22.7 Å². The van der Waals surface area contributed by atoms with Crippen LogP contribution in [0.4, 0.5) is 0 Å². The first-order chi connectivity index (χ1) is 20.1. The van der Waals surface area contributed by atoms with E-state index in [1.54, 1.807) is 12.1 Å². The van der Waals surface area contributed by atoms with E-state index < -0.39 is 54.1 Å². The number of rotatable bonds is 13. The molecule has 0 saturated carbocycles. The van der Waals surface area contributed by atoms with Gasteiger partial charge in [0.2, 0.25) is 23.6 Å². The largest absolute Gasteiger partial charge is 0.370 e. The lowest BCUT2D eigenvalue weighted by molar-refractivity contribution is -0.130. The van der Waals surface area contributed by atoms with Gasteiger partial charge in [-0.2, -0.15) is 0 Å². The average Bonchev–Trinajstić information content (AvgIpc) is 3.60. The Morgan fingerprint density at radius 1 is 0.667 bits per heavy atom. The molecule has 2 atom stereocenters. The van der Waals surface area contributed by atoms with Crippen molar-refractivity contribution in [2.75, 3.05) is 13.1 Å². The van der Waals surface area contributed by atoms with Crippen molar-refractivity contribution in [2.24, 2.45) is 11.5 Å². The summed E-state index contributed by atoms with van der Waals surface area (Å²) in [7, 11) is 0. The lowest BCUT2D eigenvalue weighted by Crippen LogP contribution is -2.57. The van der Waals surface area contributed by atoms with Gasteiger partial charge in [0, 0.05) is 22.4 Å². The van der Waals surface area contributed by atoms with E-state index in [0.29, 0.717) is 9.75 Å². The van der Waals surface area contributed by atoms with E-state index in [0.717, 1.165) is 20.2 Å². The maximum atomic E-state index is 13.3. The molecule has 2 aromatic heterocycles. The number of carbonyl (C=O) groups is 6. The Hall–Kier alpha value is -4.82. The van der Waals surface area contributed by atoms with Crippen LogP contribution in [0.25, 0.3) is 20.2 Å². The van der Waals surface area contributed by atoms with Gasteiger partial charge >= 0.3 is 0 Å². The number of hydrogen-bond donors (Lipinski definition) is 6. The standard InChI is InChI=1S/C28H28N6O6S2/c29-23(35)10-9-17(33-28(40)22-12-16-6-2-4-8-20(16)42-22)26(38)34-18(25(37)32-14-24(30)36)13-31-27(39)21-11-15-5-1-3-7-19(15)41-21/h1-8,11-12,17-18H,9-10,13-14H2,(H2,29,35)(H2,30,36)(H,31,39)(H,32,37)(H,33,40)(H,34,38). The van der Waals surface area contributed by atoms with Crippen LogP contribution in [-0.4, -0.2) is 60.6 Å². The fourth-order valence-electron chi connectivity index (χ4n) is 4.03. The summed E-state index contributed by atoms with van der Waals surface area (Å²) in [5.41, 5.74) is 10.4. The van der Waals surface area contributed by atoms with E-state index in [2.05, 4.69) is 21.3 Å². The molecule has 6 amide bonds. The highest BCUT2D eigenvalue weighted by molar-refractivity contribution is 7.21. The summed E-state index contributed by atoms with van der Waals surface area (Å²) >= 11 is 2.49. The molecule has 0 bridgehead atoms. The van der Waals surface area contributed by atoms with Gasteiger partial charge in [-0.25, -0.2) is 0 Å². The van der Waals surface area contributed by atoms with Crippen molar-refractivity contribution in [1.82, 2.24) is 21.3 Å². The van der Waals surface area contributed by atoms with Crippen molar-refractivity contribution in [3.63, 3.8) is 0 Å². The molecule has 0 aliphatic heterocycles. The van der Waals surface area contributed by atoms with Crippen molar-refractivity contribution in [2.45, 2.75) is 24.9 Å². The highest BCUT2D eigenvalue weighted by Crippen LogP contribution is 2.26. The molecule has 14 heteroatoms. The quantitative estimate of drug-likeness (QED) is 0.131. The van der Waals surface area contributed by atoms with Gasteiger partial charge in [-0.3, -0.25) is 28.8 Å². The number of hydrogen-bond acceptors (Lipinski definition) is 8. The number of benzene rings is 2. The summed E-state index contributed by atoms with van der Waals surface area (Å²) in [5.74, 6) is -4.09. The Kier molecular flexibility index (Phi) is 9.83. The SMILES string of the molecule is NC(=O)CCC(NC(=O)c1cc2ccccc2s1)C(=O)NC(CNC(=O)c1cc2ccccc2s1)C(=O)NCC(N)=O.